The van der Waals surface area contributed by atoms with E-state index in [0.717, 1.165) is 12.8 Å². The normalized spacial score (nSPS) is 27.2. The van der Waals surface area contributed by atoms with Crippen molar-refractivity contribution >= 4 is 55.1 Å². The summed E-state index contributed by atoms with van der Waals surface area (Å²) in [6, 6.07) is 56.1. The van der Waals surface area contributed by atoms with Gasteiger partial charge in [0.2, 0.25) is 0 Å². The third kappa shape index (κ3) is 4.66. The van der Waals surface area contributed by atoms with Gasteiger partial charge in [-0.2, -0.15) is 0 Å². The monoisotopic (exact) mass is 780 g/mol. The van der Waals surface area contributed by atoms with E-state index in [4.69, 9.17) is 0 Å². The number of nitrogens with zero attached hydrogens (tertiary/aromatic N) is 2. The second kappa shape index (κ2) is 11.6. The fourth-order valence-corrected chi connectivity index (χ4v) is 14.5. The summed E-state index contributed by atoms with van der Waals surface area (Å²) in [6.07, 6.45) is 4.67. The molecule has 0 amide bonds. The zero-order chi connectivity index (χ0) is 41.2. The molecule has 4 aliphatic rings. The van der Waals surface area contributed by atoms with E-state index in [1.807, 2.05) is 0 Å². The molecule has 8 aromatic carbocycles. The first-order chi connectivity index (χ1) is 28.6. The van der Waals surface area contributed by atoms with E-state index in [0.29, 0.717) is 0 Å². The van der Waals surface area contributed by atoms with Gasteiger partial charge in [0.05, 0.1) is 11.1 Å². The number of fused-ring (bicyclic) bond motifs is 6. The van der Waals surface area contributed by atoms with Gasteiger partial charge in [-0.05, 0) is 189 Å². The molecule has 2 aliphatic heterocycles. The number of para-hydroxylation sites is 2. The molecular formula is C58H56N2. The third-order valence-electron chi connectivity index (χ3n) is 16.6. The van der Waals surface area contributed by atoms with Crippen LogP contribution in [0, 0.1) is 10.8 Å². The van der Waals surface area contributed by atoms with Crippen molar-refractivity contribution in [2.75, 3.05) is 9.80 Å². The van der Waals surface area contributed by atoms with Crippen LogP contribution in [0.1, 0.15) is 92.2 Å². The van der Waals surface area contributed by atoms with E-state index < -0.39 is 0 Å². The number of benzene rings is 8. The first kappa shape index (κ1) is 36.3. The summed E-state index contributed by atoms with van der Waals surface area (Å²) in [5.41, 5.74) is 14.1. The zero-order valence-electron chi connectivity index (χ0n) is 36.6. The Bertz CT molecular complexity index is 2790. The van der Waals surface area contributed by atoms with E-state index >= 15 is 0 Å². The van der Waals surface area contributed by atoms with Crippen LogP contribution in [0.25, 0.3) is 54.6 Å². The molecule has 2 heteroatoms. The lowest BCUT2D eigenvalue weighted by atomic mass is 9.71. The van der Waals surface area contributed by atoms with E-state index in [-0.39, 0.29) is 32.7 Å². The molecule has 0 N–H and O–H groups in total. The van der Waals surface area contributed by atoms with E-state index in [1.165, 1.54) is 101 Å². The fourth-order valence-electron chi connectivity index (χ4n) is 14.5. The second-order valence-electron chi connectivity index (χ2n) is 21.8. The minimum atomic E-state index is -0.000624. The SMILES string of the molecule is CC1(C)CC2(C)c3cc(-c4cc5ccc6cc(-c7ccc8c(c7)C7(C)CC(C)(C)CC7(C)N8c7ccccc7)cc7ccc(c4)c5c67)ccc3N(c3ccccc3)C2(C)C1. The fraction of sp³-hybridized carbons (Fsp3) is 0.310. The van der Waals surface area contributed by atoms with Crippen LogP contribution in [0.2, 0.25) is 0 Å². The topological polar surface area (TPSA) is 6.48 Å². The van der Waals surface area contributed by atoms with Gasteiger partial charge in [-0.1, -0.05) is 114 Å². The number of hydrogen-bond acceptors (Lipinski definition) is 2. The molecule has 0 bridgehead atoms. The average Bonchev–Trinajstić information content (AvgIpc) is 3.70. The average molecular weight is 781 g/mol. The van der Waals surface area contributed by atoms with Crippen molar-refractivity contribution in [2.24, 2.45) is 10.8 Å². The molecule has 4 unspecified atom stereocenters. The molecule has 298 valence electrons. The van der Waals surface area contributed by atoms with E-state index in [2.05, 4.69) is 211 Å². The largest absolute Gasteiger partial charge is 0.334 e. The zero-order valence-corrected chi connectivity index (χ0v) is 36.6. The van der Waals surface area contributed by atoms with E-state index in [9.17, 15) is 0 Å². The molecule has 8 aromatic rings. The summed E-state index contributed by atoms with van der Waals surface area (Å²) >= 11 is 0. The van der Waals surface area contributed by atoms with Gasteiger partial charge in [0.1, 0.15) is 0 Å². The van der Waals surface area contributed by atoms with Crippen LogP contribution in [-0.4, -0.2) is 11.1 Å². The van der Waals surface area contributed by atoms with Gasteiger partial charge in [-0.3, -0.25) is 0 Å². The van der Waals surface area contributed by atoms with Crippen LogP contribution in [-0.2, 0) is 10.8 Å². The molecule has 2 fully saturated rings. The first-order valence-corrected chi connectivity index (χ1v) is 22.3. The molecule has 0 radical (unpaired) electrons. The van der Waals surface area contributed by atoms with Crippen molar-refractivity contribution in [3.63, 3.8) is 0 Å². The Morgan fingerprint density at radius 3 is 1.05 bits per heavy atom. The second-order valence-corrected chi connectivity index (χ2v) is 21.8. The number of anilines is 4. The molecule has 2 nitrogen and oxygen atoms in total. The van der Waals surface area contributed by atoms with Crippen molar-refractivity contribution in [3.05, 3.63) is 157 Å². The summed E-state index contributed by atoms with van der Waals surface area (Å²) in [7, 11) is 0. The molecule has 12 rings (SSSR count). The molecule has 2 heterocycles. The lowest BCUT2D eigenvalue weighted by Gasteiger charge is -2.42. The van der Waals surface area contributed by atoms with Gasteiger partial charge in [0, 0.05) is 33.6 Å². The van der Waals surface area contributed by atoms with Crippen LogP contribution in [0.5, 0.6) is 0 Å². The van der Waals surface area contributed by atoms with Crippen LogP contribution >= 0.6 is 0 Å². The lowest BCUT2D eigenvalue weighted by molar-refractivity contribution is 0.330. The van der Waals surface area contributed by atoms with Crippen molar-refractivity contribution < 1.29 is 0 Å². The number of rotatable bonds is 4. The summed E-state index contributed by atoms with van der Waals surface area (Å²) in [6.45, 7) is 20.0. The van der Waals surface area contributed by atoms with Gasteiger partial charge < -0.3 is 9.80 Å². The third-order valence-corrected chi connectivity index (χ3v) is 16.6. The summed E-state index contributed by atoms with van der Waals surface area (Å²) in [5, 5.41) is 8.00. The Labute approximate surface area is 356 Å². The lowest BCUT2D eigenvalue weighted by Crippen LogP contribution is -2.49. The first-order valence-electron chi connectivity index (χ1n) is 22.3. The van der Waals surface area contributed by atoms with E-state index in [1.54, 1.807) is 0 Å². The highest BCUT2D eigenvalue weighted by molar-refractivity contribution is 6.24. The molecule has 0 spiro atoms. The Hall–Kier alpha value is -5.60. The standard InChI is InChI=1S/C58H56N2/c1-53(2)33-55(5)47-31-37(23-25-49(47)59(57(55,7)35-53)45-15-11-9-12-16-45)43-27-39-19-21-41-29-44(30-42-22-20-40(28-43)51(39)52(41)42)38-24-26-50-48(32-38)56(6)34-54(3,4)36-58(56,8)60(50)46-17-13-10-14-18-46/h9-32H,33-36H2,1-8H3. The van der Waals surface area contributed by atoms with Crippen molar-refractivity contribution in [1.82, 2.24) is 0 Å². The molecular weight excluding hydrogens is 725 g/mol. The maximum Gasteiger partial charge on any atom is 0.0523 e. The maximum absolute atomic E-state index is 2.67. The van der Waals surface area contributed by atoms with Crippen molar-refractivity contribution in [3.8, 4) is 22.3 Å². The summed E-state index contributed by atoms with van der Waals surface area (Å²) in [5.74, 6) is 0. The Kier molecular flexibility index (Phi) is 7.02. The predicted octanol–water partition coefficient (Wildman–Crippen LogP) is 15.9. The summed E-state index contributed by atoms with van der Waals surface area (Å²) < 4.78 is 0. The van der Waals surface area contributed by atoms with Gasteiger partial charge in [0.15, 0.2) is 0 Å². The smallest absolute Gasteiger partial charge is 0.0523 e. The predicted molar refractivity (Wildman–Crippen MR) is 256 cm³/mol. The highest BCUT2D eigenvalue weighted by Crippen LogP contribution is 2.68. The van der Waals surface area contributed by atoms with Crippen LogP contribution in [0.4, 0.5) is 22.7 Å². The van der Waals surface area contributed by atoms with Gasteiger partial charge in [-0.25, -0.2) is 0 Å². The Balaban J connectivity index is 0.953. The molecule has 2 aliphatic carbocycles. The molecule has 0 saturated heterocycles. The maximum atomic E-state index is 2.67. The Morgan fingerprint density at radius 2 is 0.700 bits per heavy atom. The minimum Gasteiger partial charge on any atom is -0.334 e. The quantitative estimate of drug-likeness (QED) is 0.164. The highest BCUT2D eigenvalue weighted by Gasteiger charge is 2.65. The van der Waals surface area contributed by atoms with Crippen LogP contribution in [0.3, 0.4) is 0 Å². The summed E-state index contributed by atoms with van der Waals surface area (Å²) in [4.78, 5) is 5.34. The van der Waals surface area contributed by atoms with Crippen molar-refractivity contribution in [2.45, 2.75) is 103 Å². The molecule has 0 aromatic heterocycles. The van der Waals surface area contributed by atoms with Gasteiger partial charge in [0.25, 0.3) is 0 Å². The highest BCUT2D eigenvalue weighted by atomic mass is 15.3. The molecule has 4 atom stereocenters. The number of hydrogen-bond donors (Lipinski definition) is 0. The van der Waals surface area contributed by atoms with Crippen LogP contribution < -0.4 is 9.80 Å². The van der Waals surface area contributed by atoms with Gasteiger partial charge >= 0.3 is 0 Å². The van der Waals surface area contributed by atoms with Crippen molar-refractivity contribution in [1.29, 1.82) is 0 Å². The molecule has 2 saturated carbocycles. The van der Waals surface area contributed by atoms with Crippen LogP contribution in [0.15, 0.2) is 146 Å². The van der Waals surface area contributed by atoms with Gasteiger partial charge in [-0.15, -0.1) is 0 Å². The molecule has 60 heavy (non-hydrogen) atoms. The minimum absolute atomic E-state index is 0.000624. The Morgan fingerprint density at radius 1 is 0.350 bits per heavy atom.